The molecule has 0 atom stereocenters. The standard InChI is InChI=1S/C19H22ClN5/c1-12-10-13(2)25(24-12)19-18(21-15-6-4-3-5-7-15)22-16-9-8-14(20)11-17(16)23-19/h8-11,15H,3-7H2,1-2H3,(H,21,22). The van der Waals surface area contributed by atoms with Crippen molar-refractivity contribution in [2.75, 3.05) is 5.32 Å². The van der Waals surface area contributed by atoms with Crippen LogP contribution in [0, 0.1) is 13.8 Å². The average molecular weight is 356 g/mol. The highest BCUT2D eigenvalue weighted by atomic mass is 35.5. The van der Waals surface area contributed by atoms with Crippen LogP contribution in [0.4, 0.5) is 5.82 Å². The molecule has 0 amide bonds. The van der Waals surface area contributed by atoms with Crippen molar-refractivity contribution in [3.8, 4) is 5.82 Å². The molecule has 0 aliphatic heterocycles. The number of hydrogen-bond donors (Lipinski definition) is 1. The Kier molecular flexibility index (Phi) is 4.34. The molecule has 0 radical (unpaired) electrons. The van der Waals surface area contributed by atoms with E-state index in [1.807, 2.05) is 42.8 Å². The van der Waals surface area contributed by atoms with Crippen molar-refractivity contribution >= 4 is 28.5 Å². The quantitative estimate of drug-likeness (QED) is 0.731. The van der Waals surface area contributed by atoms with Crippen LogP contribution in [0.25, 0.3) is 16.9 Å². The number of anilines is 1. The van der Waals surface area contributed by atoms with Gasteiger partial charge in [-0.25, -0.2) is 14.6 Å². The topological polar surface area (TPSA) is 55.6 Å². The smallest absolute Gasteiger partial charge is 0.197 e. The lowest BCUT2D eigenvalue weighted by molar-refractivity contribution is 0.461. The normalized spacial score (nSPS) is 15.6. The third-order valence-electron chi connectivity index (χ3n) is 4.76. The highest BCUT2D eigenvalue weighted by molar-refractivity contribution is 6.31. The van der Waals surface area contributed by atoms with E-state index in [-0.39, 0.29) is 0 Å². The first kappa shape index (κ1) is 16.3. The van der Waals surface area contributed by atoms with Gasteiger partial charge in [0, 0.05) is 16.8 Å². The molecule has 0 bridgehead atoms. The van der Waals surface area contributed by atoms with Crippen LogP contribution >= 0.6 is 11.6 Å². The van der Waals surface area contributed by atoms with E-state index in [9.17, 15) is 0 Å². The molecular weight excluding hydrogens is 334 g/mol. The fourth-order valence-corrected chi connectivity index (χ4v) is 3.71. The zero-order chi connectivity index (χ0) is 17.4. The lowest BCUT2D eigenvalue weighted by Crippen LogP contribution is -2.24. The van der Waals surface area contributed by atoms with Crippen molar-refractivity contribution in [3.05, 3.63) is 40.7 Å². The van der Waals surface area contributed by atoms with Crippen LogP contribution in [0.15, 0.2) is 24.3 Å². The Morgan fingerprint density at radius 3 is 2.56 bits per heavy atom. The van der Waals surface area contributed by atoms with Crippen molar-refractivity contribution in [3.63, 3.8) is 0 Å². The van der Waals surface area contributed by atoms with Gasteiger partial charge in [0.1, 0.15) is 0 Å². The van der Waals surface area contributed by atoms with Crippen LogP contribution in [0.5, 0.6) is 0 Å². The highest BCUT2D eigenvalue weighted by Crippen LogP contribution is 2.27. The van der Waals surface area contributed by atoms with E-state index in [2.05, 4.69) is 10.4 Å². The molecule has 1 fully saturated rings. The molecule has 1 aromatic carbocycles. The predicted octanol–water partition coefficient (Wildman–Crippen LogP) is 4.83. The van der Waals surface area contributed by atoms with Crippen molar-refractivity contribution < 1.29 is 0 Å². The lowest BCUT2D eigenvalue weighted by Gasteiger charge is -2.24. The third-order valence-corrected chi connectivity index (χ3v) is 5.00. The Morgan fingerprint density at radius 2 is 1.84 bits per heavy atom. The van der Waals surface area contributed by atoms with Crippen molar-refractivity contribution in [2.45, 2.75) is 52.0 Å². The number of nitrogens with zero attached hydrogens (tertiary/aromatic N) is 4. The Hall–Kier alpha value is -2.14. The molecule has 0 unspecified atom stereocenters. The zero-order valence-corrected chi connectivity index (χ0v) is 15.3. The first-order valence-electron chi connectivity index (χ1n) is 8.87. The molecule has 4 rings (SSSR count). The number of hydrogen-bond acceptors (Lipinski definition) is 4. The van der Waals surface area contributed by atoms with Gasteiger partial charge < -0.3 is 5.32 Å². The highest BCUT2D eigenvalue weighted by Gasteiger charge is 2.19. The molecule has 1 aliphatic carbocycles. The number of fused-ring (bicyclic) bond motifs is 1. The van der Waals surface area contributed by atoms with Gasteiger partial charge >= 0.3 is 0 Å². The van der Waals surface area contributed by atoms with Crippen molar-refractivity contribution in [2.24, 2.45) is 0 Å². The summed E-state index contributed by atoms with van der Waals surface area (Å²) in [5.74, 6) is 1.54. The summed E-state index contributed by atoms with van der Waals surface area (Å²) in [5, 5.41) is 8.89. The molecule has 2 aromatic heterocycles. The second kappa shape index (κ2) is 6.64. The van der Waals surface area contributed by atoms with Gasteiger partial charge in [-0.2, -0.15) is 5.10 Å². The molecule has 6 heteroatoms. The van der Waals surface area contributed by atoms with E-state index in [4.69, 9.17) is 21.6 Å². The van der Waals surface area contributed by atoms with Gasteiger partial charge in [-0.1, -0.05) is 30.9 Å². The summed E-state index contributed by atoms with van der Waals surface area (Å²) in [4.78, 5) is 9.68. The van der Waals surface area contributed by atoms with E-state index in [0.29, 0.717) is 11.1 Å². The van der Waals surface area contributed by atoms with Gasteiger partial charge in [0.05, 0.1) is 16.7 Å². The number of nitrogens with one attached hydrogen (secondary N) is 1. The van der Waals surface area contributed by atoms with Gasteiger partial charge in [0.2, 0.25) is 0 Å². The van der Waals surface area contributed by atoms with Crippen LogP contribution in [0.3, 0.4) is 0 Å². The molecule has 1 aliphatic rings. The van der Waals surface area contributed by atoms with E-state index in [1.54, 1.807) is 0 Å². The number of aromatic nitrogens is 4. The molecule has 25 heavy (non-hydrogen) atoms. The van der Waals surface area contributed by atoms with Crippen LogP contribution in [0.1, 0.15) is 43.5 Å². The van der Waals surface area contributed by atoms with Gasteiger partial charge in [0.25, 0.3) is 0 Å². The molecule has 1 N–H and O–H groups in total. The fourth-order valence-electron chi connectivity index (χ4n) is 3.55. The minimum atomic E-state index is 0.448. The minimum Gasteiger partial charge on any atom is -0.364 e. The van der Waals surface area contributed by atoms with E-state index in [0.717, 1.165) is 34.1 Å². The summed E-state index contributed by atoms with van der Waals surface area (Å²) in [6, 6.07) is 8.12. The van der Waals surface area contributed by atoms with E-state index >= 15 is 0 Å². The predicted molar refractivity (Wildman–Crippen MR) is 102 cm³/mol. The largest absolute Gasteiger partial charge is 0.364 e. The average Bonchev–Trinajstić information content (AvgIpc) is 2.93. The Labute approximate surface area is 152 Å². The molecule has 0 saturated heterocycles. The van der Waals surface area contributed by atoms with Crippen LogP contribution in [-0.4, -0.2) is 25.8 Å². The molecular formula is C19H22ClN5. The monoisotopic (exact) mass is 355 g/mol. The Balaban J connectivity index is 1.84. The summed E-state index contributed by atoms with van der Waals surface area (Å²) in [6.07, 6.45) is 6.21. The first-order valence-corrected chi connectivity index (χ1v) is 9.25. The number of halogens is 1. The summed E-state index contributed by atoms with van der Waals surface area (Å²) in [5.41, 5.74) is 3.63. The molecule has 5 nitrogen and oxygen atoms in total. The zero-order valence-electron chi connectivity index (χ0n) is 14.6. The Bertz CT molecular complexity index is 912. The molecule has 2 heterocycles. The maximum absolute atomic E-state index is 6.14. The van der Waals surface area contributed by atoms with Gasteiger partial charge in [-0.3, -0.25) is 0 Å². The molecule has 1 saturated carbocycles. The maximum atomic E-state index is 6.14. The van der Waals surface area contributed by atoms with Crippen LogP contribution < -0.4 is 5.32 Å². The van der Waals surface area contributed by atoms with Crippen LogP contribution in [0.2, 0.25) is 5.02 Å². The van der Waals surface area contributed by atoms with Gasteiger partial charge in [-0.05, 0) is 51.0 Å². The number of rotatable bonds is 3. The summed E-state index contributed by atoms with van der Waals surface area (Å²) >= 11 is 6.14. The second-order valence-electron chi connectivity index (χ2n) is 6.85. The second-order valence-corrected chi connectivity index (χ2v) is 7.28. The number of aryl methyl sites for hydroxylation is 2. The van der Waals surface area contributed by atoms with E-state index in [1.165, 1.54) is 32.1 Å². The molecule has 0 spiro atoms. The van der Waals surface area contributed by atoms with Crippen LogP contribution in [-0.2, 0) is 0 Å². The molecule has 3 aromatic rings. The molecule has 130 valence electrons. The summed E-state index contributed by atoms with van der Waals surface area (Å²) in [6.45, 7) is 4.03. The van der Waals surface area contributed by atoms with Crippen molar-refractivity contribution in [1.82, 2.24) is 19.7 Å². The number of benzene rings is 1. The first-order chi connectivity index (χ1) is 12.1. The summed E-state index contributed by atoms with van der Waals surface area (Å²) in [7, 11) is 0. The summed E-state index contributed by atoms with van der Waals surface area (Å²) < 4.78 is 1.87. The van der Waals surface area contributed by atoms with Crippen molar-refractivity contribution in [1.29, 1.82) is 0 Å². The Morgan fingerprint density at radius 1 is 1.04 bits per heavy atom. The van der Waals surface area contributed by atoms with E-state index < -0.39 is 0 Å². The van der Waals surface area contributed by atoms with Gasteiger partial charge in [-0.15, -0.1) is 0 Å². The third kappa shape index (κ3) is 3.33. The lowest BCUT2D eigenvalue weighted by atomic mass is 9.95. The minimum absolute atomic E-state index is 0.448. The maximum Gasteiger partial charge on any atom is 0.197 e. The SMILES string of the molecule is Cc1cc(C)n(-c2nc3cc(Cl)ccc3nc2NC2CCCCC2)n1. The fraction of sp³-hybridized carbons (Fsp3) is 0.421. The van der Waals surface area contributed by atoms with Gasteiger partial charge in [0.15, 0.2) is 11.6 Å².